The van der Waals surface area contributed by atoms with E-state index >= 15 is 0 Å². The average molecular weight is 394 g/mol. The molecule has 0 atom stereocenters. The number of benzene rings is 1. The fourth-order valence-electron chi connectivity index (χ4n) is 2.04. The van der Waals surface area contributed by atoms with Gasteiger partial charge in [-0.1, -0.05) is 19.9 Å². The van der Waals surface area contributed by atoms with Crippen molar-refractivity contribution >= 4 is 21.9 Å². The van der Waals surface area contributed by atoms with Gasteiger partial charge in [-0.15, -0.1) is 0 Å². The number of carbonyl (C=O) groups is 2. The summed E-state index contributed by atoms with van der Waals surface area (Å²) < 4.78 is 37.1. The Kier molecular flexibility index (Phi) is 7.14. The van der Waals surface area contributed by atoms with Crippen molar-refractivity contribution in [1.82, 2.24) is 10.0 Å². The lowest BCUT2D eigenvalue weighted by Crippen LogP contribution is -2.31. The maximum Gasteiger partial charge on any atom is 0.338 e. The second-order valence-corrected chi connectivity index (χ2v) is 7.97. The molecule has 1 aromatic carbocycles. The van der Waals surface area contributed by atoms with Crippen molar-refractivity contribution in [2.24, 2.45) is 5.92 Å². The Morgan fingerprint density at radius 2 is 1.96 bits per heavy atom. The van der Waals surface area contributed by atoms with Gasteiger partial charge in [0, 0.05) is 6.54 Å². The van der Waals surface area contributed by atoms with E-state index < -0.39 is 28.5 Å². The highest BCUT2D eigenvalue weighted by Crippen LogP contribution is 2.13. The number of sulfonamides is 1. The van der Waals surface area contributed by atoms with Crippen LogP contribution < -0.4 is 10.0 Å². The van der Waals surface area contributed by atoms with Gasteiger partial charge >= 0.3 is 5.97 Å². The zero-order valence-corrected chi connectivity index (χ0v) is 15.9. The topological polar surface area (TPSA) is 115 Å². The van der Waals surface area contributed by atoms with Crippen molar-refractivity contribution < 1.29 is 27.2 Å². The van der Waals surface area contributed by atoms with Gasteiger partial charge in [0.1, 0.15) is 5.76 Å². The van der Waals surface area contributed by atoms with Crippen molar-refractivity contribution in [3.8, 4) is 0 Å². The molecule has 27 heavy (non-hydrogen) atoms. The van der Waals surface area contributed by atoms with Gasteiger partial charge in [0.05, 0.1) is 23.3 Å². The molecule has 146 valence electrons. The van der Waals surface area contributed by atoms with E-state index in [0.717, 1.165) is 0 Å². The molecule has 0 aliphatic heterocycles. The summed E-state index contributed by atoms with van der Waals surface area (Å²) in [6, 6.07) is 8.68. The third kappa shape index (κ3) is 6.54. The van der Waals surface area contributed by atoms with E-state index in [1.165, 1.54) is 30.5 Å². The first-order valence-electron chi connectivity index (χ1n) is 8.34. The number of amides is 1. The number of furan rings is 1. The van der Waals surface area contributed by atoms with Crippen LogP contribution in [0.5, 0.6) is 0 Å². The van der Waals surface area contributed by atoms with E-state index in [1.54, 1.807) is 12.1 Å². The van der Waals surface area contributed by atoms with Gasteiger partial charge < -0.3 is 14.5 Å². The fourth-order valence-corrected chi connectivity index (χ4v) is 3.08. The molecular formula is C18H22N2O6S. The Morgan fingerprint density at radius 3 is 2.63 bits per heavy atom. The molecule has 2 rings (SSSR count). The van der Waals surface area contributed by atoms with Crippen LogP contribution in [0.25, 0.3) is 0 Å². The summed E-state index contributed by atoms with van der Waals surface area (Å²) in [5.41, 5.74) is 0.0348. The number of hydrogen-bond donors (Lipinski definition) is 2. The molecule has 0 bridgehead atoms. The van der Waals surface area contributed by atoms with Gasteiger partial charge in [0.15, 0.2) is 6.61 Å². The largest absolute Gasteiger partial charge is 0.468 e. The fraction of sp³-hybridized carbons (Fsp3) is 0.333. The molecule has 9 heteroatoms. The lowest BCUT2D eigenvalue weighted by molar-refractivity contribution is -0.124. The maximum absolute atomic E-state index is 12.3. The van der Waals surface area contributed by atoms with E-state index in [4.69, 9.17) is 9.15 Å². The summed E-state index contributed by atoms with van der Waals surface area (Å²) in [6.45, 7) is 3.92. The van der Waals surface area contributed by atoms with Crippen molar-refractivity contribution in [2.75, 3.05) is 13.2 Å². The summed E-state index contributed by atoms with van der Waals surface area (Å²) in [5.74, 6) is -0.458. The number of ether oxygens (including phenoxy) is 1. The predicted molar refractivity (Wildman–Crippen MR) is 97.3 cm³/mol. The third-order valence-corrected chi connectivity index (χ3v) is 4.84. The van der Waals surface area contributed by atoms with Crippen LogP contribution in [0.1, 0.15) is 30.0 Å². The van der Waals surface area contributed by atoms with Crippen molar-refractivity contribution in [3.63, 3.8) is 0 Å². The Hall–Kier alpha value is -2.65. The summed E-state index contributed by atoms with van der Waals surface area (Å²) in [5, 5.41) is 2.62. The van der Waals surface area contributed by atoms with Gasteiger partial charge in [-0.3, -0.25) is 4.79 Å². The van der Waals surface area contributed by atoms with E-state index in [1.807, 2.05) is 13.8 Å². The van der Waals surface area contributed by atoms with Gasteiger partial charge in [0.25, 0.3) is 5.91 Å². The molecule has 1 aromatic heterocycles. The molecule has 0 saturated carbocycles. The molecule has 0 aliphatic rings. The van der Waals surface area contributed by atoms with E-state index in [-0.39, 0.29) is 22.9 Å². The highest BCUT2D eigenvalue weighted by molar-refractivity contribution is 7.89. The molecule has 0 spiro atoms. The minimum Gasteiger partial charge on any atom is -0.468 e. The zero-order chi connectivity index (χ0) is 19.9. The first-order valence-corrected chi connectivity index (χ1v) is 9.82. The molecule has 0 aliphatic carbocycles. The third-order valence-electron chi connectivity index (χ3n) is 3.44. The SMILES string of the molecule is CC(C)CNC(=O)COC(=O)c1cccc(S(=O)(=O)NCc2ccco2)c1. The zero-order valence-electron chi connectivity index (χ0n) is 15.1. The Morgan fingerprint density at radius 1 is 1.19 bits per heavy atom. The highest BCUT2D eigenvalue weighted by atomic mass is 32.2. The van der Waals surface area contributed by atoms with E-state index in [2.05, 4.69) is 10.0 Å². The number of nitrogens with one attached hydrogen (secondary N) is 2. The van der Waals surface area contributed by atoms with Crippen molar-refractivity contribution in [2.45, 2.75) is 25.3 Å². The summed E-state index contributed by atoms with van der Waals surface area (Å²) in [6.07, 6.45) is 1.44. The lowest BCUT2D eigenvalue weighted by Gasteiger charge is -2.09. The number of carbonyl (C=O) groups excluding carboxylic acids is 2. The van der Waals surface area contributed by atoms with E-state index in [0.29, 0.717) is 12.3 Å². The predicted octanol–water partition coefficient (Wildman–Crippen LogP) is 1.69. The van der Waals surface area contributed by atoms with Crippen LogP contribution in [0.15, 0.2) is 52.0 Å². The minimum absolute atomic E-state index is 0.0139. The molecule has 0 unspecified atom stereocenters. The first-order chi connectivity index (χ1) is 12.8. The Balaban J connectivity index is 1.97. The monoisotopic (exact) mass is 394 g/mol. The highest BCUT2D eigenvalue weighted by Gasteiger charge is 2.18. The number of hydrogen-bond acceptors (Lipinski definition) is 6. The van der Waals surface area contributed by atoms with Crippen LogP contribution in [0.3, 0.4) is 0 Å². The van der Waals surface area contributed by atoms with Crippen molar-refractivity contribution in [1.29, 1.82) is 0 Å². The minimum atomic E-state index is -3.84. The van der Waals surface area contributed by atoms with E-state index in [9.17, 15) is 18.0 Å². The average Bonchev–Trinajstić information content (AvgIpc) is 3.16. The van der Waals surface area contributed by atoms with Gasteiger partial charge in [0.2, 0.25) is 10.0 Å². The van der Waals surface area contributed by atoms with Crippen LogP contribution in [-0.2, 0) is 26.1 Å². The molecule has 0 saturated heterocycles. The summed E-state index contributed by atoms with van der Waals surface area (Å²) >= 11 is 0. The molecule has 0 fully saturated rings. The summed E-state index contributed by atoms with van der Waals surface area (Å²) in [7, 11) is -3.84. The molecule has 1 amide bonds. The number of rotatable bonds is 9. The normalized spacial score (nSPS) is 11.4. The van der Waals surface area contributed by atoms with Crippen LogP contribution >= 0.6 is 0 Å². The molecular weight excluding hydrogens is 372 g/mol. The summed E-state index contributed by atoms with van der Waals surface area (Å²) in [4.78, 5) is 23.6. The van der Waals surface area contributed by atoms with Crippen LogP contribution in [0.4, 0.5) is 0 Å². The van der Waals surface area contributed by atoms with Crippen LogP contribution in [0.2, 0.25) is 0 Å². The maximum atomic E-state index is 12.3. The number of esters is 1. The molecule has 2 N–H and O–H groups in total. The smallest absolute Gasteiger partial charge is 0.338 e. The molecule has 0 radical (unpaired) electrons. The Labute approximate surface area is 157 Å². The van der Waals surface area contributed by atoms with Gasteiger partial charge in [-0.05, 0) is 36.2 Å². The van der Waals surface area contributed by atoms with Gasteiger partial charge in [-0.2, -0.15) is 0 Å². The molecule has 1 heterocycles. The standard InChI is InChI=1S/C18H22N2O6S/c1-13(2)10-19-17(21)12-26-18(22)14-5-3-7-16(9-14)27(23,24)20-11-15-6-4-8-25-15/h3-9,13,20H,10-12H2,1-2H3,(H,19,21). The van der Waals surface area contributed by atoms with Gasteiger partial charge in [-0.25, -0.2) is 17.9 Å². The lowest BCUT2D eigenvalue weighted by atomic mass is 10.2. The quantitative estimate of drug-likeness (QED) is 0.626. The molecule has 2 aromatic rings. The van der Waals surface area contributed by atoms with Crippen LogP contribution in [-0.4, -0.2) is 33.4 Å². The Bertz CT molecular complexity index is 875. The second-order valence-electron chi connectivity index (χ2n) is 6.21. The first kappa shape index (κ1) is 20.7. The second kappa shape index (κ2) is 9.33. The molecule has 8 nitrogen and oxygen atoms in total. The van der Waals surface area contributed by atoms with Crippen molar-refractivity contribution in [3.05, 3.63) is 54.0 Å². The van der Waals surface area contributed by atoms with Crippen LogP contribution in [0, 0.1) is 5.92 Å².